The SMILES string of the molecule is CCC1CCCCCN1c1cc(N)nc(C(C)C)n1. The molecule has 2 heterocycles. The molecule has 1 saturated heterocycles. The van der Waals surface area contributed by atoms with E-state index in [0.29, 0.717) is 17.8 Å². The van der Waals surface area contributed by atoms with Gasteiger partial charge in [0.1, 0.15) is 17.5 Å². The van der Waals surface area contributed by atoms with Crippen LogP contribution in [0.2, 0.25) is 0 Å². The van der Waals surface area contributed by atoms with Gasteiger partial charge in [0.05, 0.1) is 0 Å². The summed E-state index contributed by atoms with van der Waals surface area (Å²) in [5.74, 6) is 2.78. The molecule has 0 aliphatic carbocycles. The summed E-state index contributed by atoms with van der Waals surface area (Å²) in [6.45, 7) is 7.57. The zero-order chi connectivity index (χ0) is 13.8. The molecule has 1 atom stereocenters. The molecule has 1 unspecified atom stereocenters. The lowest BCUT2D eigenvalue weighted by atomic mass is 10.1. The summed E-state index contributed by atoms with van der Waals surface area (Å²) in [6, 6.07) is 2.52. The van der Waals surface area contributed by atoms with Gasteiger partial charge in [0.15, 0.2) is 0 Å². The van der Waals surface area contributed by atoms with Gasteiger partial charge < -0.3 is 10.6 Å². The largest absolute Gasteiger partial charge is 0.384 e. The second kappa shape index (κ2) is 6.22. The third-order valence-electron chi connectivity index (χ3n) is 3.91. The number of aromatic nitrogens is 2. The van der Waals surface area contributed by atoms with E-state index >= 15 is 0 Å². The lowest BCUT2D eigenvalue weighted by Crippen LogP contribution is -2.35. The van der Waals surface area contributed by atoms with Gasteiger partial charge in [-0.25, -0.2) is 9.97 Å². The number of hydrogen-bond acceptors (Lipinski definition) is 4. The topological polar surface area (TPSA) is 55.0 Å². The molecule has 0 spiro atoms. The minimum atomic E-state index is 0.314. The van der Waals surface area contributed by atoms with Crippen LogP contribution in [-0.4, -0.2) is 22.6 Å². The van der Waals surface area contributed by atoms with E-state index < -0.39 is 0 Å². The monoisotopic (exact) mass is 262 g/mol. The van der Waals surface area contributed by atoms with E-state index in [-0.39, 0.29) is 0 Å². The first-order valence-corrected chi connectivity index (χ1v) is 7.53. The van der Waals surface area contributed by atoms with Gasteiger partial charge in [0.25, 0.3) is 0 Å². The fourth-order valence-electron chi connectivity index (χ4n) is 2.78. The highest BCUT2D eigenvalue weighted by Crippen LogP contribution is 2.26. The molecule has 1 aliphatic heterocycles. The summed E-state index contributed by atoms with van der Waals surface area (Å²) in [6.07, 6.45) is 6.33. The van der Waals surface area contributed by atoms with Crippen LogP contribution in [0.3, 0.4) is 0 Å². The average molecular weight is 262 g/mol. The van der Waals surface area contributed by atoms with Crippen LogP contribution in [0.5, 0.6) is 0 Å². The van der Waals surface area contributed by atoms with Crippen LogP contribution in [0.25, 0.3) is 0 Å². The first-order valence-electron chi connectivity index (χ1n) is 7.53. The molecular weight excluding hydrogens is 236 g/mol. The van der Waals surface area contributed by atoms with Crippen LogP contribution < -0.4 is 10.6 Å². The van der Waals surface area contributed by atoms with Gasteiger partial charge in [0.2, 0.25) is 0 Å². The normalized spacial score (nSPS) is 20.6. The maximum Gasteiger partial charge on any atom is 0.135 e. The first kappa shape index (κ1) is 14.1. The highest BCUT2D eigenvalue weighted by Gasteiger charge is 2.22. The number of nitrogens with zero attached hydrogens (tertiary/aromatic N) is 3. The average Bonchev–Trinajstić information content (AvgIpc) is 2.62. The quantitative estimate of drug-likeness (QED) is 0.907. The first-order chi connectivity index (χ1) is 9.11. The Morgan fingerprint density at radius 1 is 1.32 bits per heavy atom. The summed E-state index contributed by atoms with van der Waals surface area (Å²) < 4.78 is 0. The van der Waals surface area contributed by atoms with Crippen molar-refractivity contribution in [1.82, 2.24) is 9.97 Å². The summed E-state index contributed by atoms with van der Waals surface area (Å²) in [7, 11) is 0. The van der Waals surface area contributed by atoms with Crippen molar-refractivity contribution in [2.75, 3.05) is 17.2 Å². The van der Waals surface area contributed by atoms with Crippen LogP contribution in [-0.2, 0) is 0 Å². The van der Waals surface area contributed by atoms with E-state index in [1.807, 2.05) is 6.07 Å². The van der Waals surface area contributed by atoms with E-state index in [0.717, 1.165) is 18.2 Å². The second-order valence-corrected chi connectivity index (χ2v) is 5.77. The van der Waals surface area contributed by atoms with Crippen LogP contribution in [0.4, 0.5) is 11.6 Å². The lowest BCUT2D eigenvalue weighted by Gasteiger charge is -2.30. The van der Waals surface area contributed by atoms with Crippen molar-refractivity contribution in [3.63, 3.8) is 0 Å². The molecule has 1 aliphatic rings. The van der Waals surface area contributed by atoms with Crippen molar-refractivity contribution in [2.45, 2.75) is 64.8 Å². The van der Waals surface area contributed by atoms with Gasteiger partial charge >= 0.3 is 0 Å². The summed E-state index contributed by atoms with van der Waals surface area (Å²) in [5, 5.41) is 0. The molecular formula is C15H26N4. The molecule has 1 fully saturated rings. The fraction of sp³-hybridized carbons (Fsp3) is 0.733. The molecule has 0 amide bonds. The molecule has 1 aromatic heterocycles. The van der Waals surface area contributed by atoms with Gasteiger partial charge in [-0.05, 0) is 19.3 Å². The number of anilines is 2. The van der Waals surface area contributed by atoms with Gasteiger partial charge in [-0.1, -0.05) is 33.6 Å². The zero-order valence-electron chi connectivity index (χ0n) is 12.4. The van der Waals surface area contributed by atoms with Crippen LogP contribution in [0.1, 0.15) is 64.6 Å². The maximum absolute atomic E-state index is 5.95. The number of rotatable bonds is 3. The smallest absolute Gasteiger partial charge is 0.135 e. The Hall–Kier alpha value is -1.32. The van der Waals surface area contributed by atoms with Crippen molar-refractivity contribution in [1.29, 1.82) is 0 Å². The molecule has 2 N–H and O–H groups in total. The molecule has 0 saturated carbocycles. The van der Waals surface area contributed by atoms with Crippen LogP contribution in [0, 0.1) is 0 Å². The predicted octanol–water partition coefficient (Wildman–Crippen LogP) is 3.34. The molecule has 4 nitrogen and oxygen atoms in total. The van der Waals surface area contributed by atoms with E-state index in [9.17, 15) is 0 Å². The second-order valence-electron chi connectivity index (χ2n) is 5.77. The van der Waals surface area contributed by atoms with Crippen LogP contribution in [0.15, 0.2) is 6.07 Å². The molecule has 0 radical (unpaired) electrons. The molecule has 106 valence electrons. The van der Waals surface area contributed by atoms with E-state index in [4.69, 9.17) is 10.7 Å². The highest BCUT2D eigenvalue weighted by molar-refractivity contribution is 5.48. The fourth-order valence-corrected chi connectivity index (χ4v) is 2.78. The zero-order valence-corrected chi connectivity index (χ0v) is 12.4. The van der Waals surface area contributed by atoms with E-state index in [2.05, 4.69) is 30.7 Å². The Morgan fingerprint density at radius 2 is 2.11 bits per heavy atom. The molecule has 0 aromatic carbocycles. The standard InChI is InChI=1S/C15H26N4/c1-4-12-8-6-5-7-9-19(12)14-10-13(16)17-15(18-14)11(2)3/h10-12H,4-9H2,1-3H3,(H2,16,17,18). The Kier molecular flexibility index (Phi) is 4.61. The molecule has 19 heavy (non-hydrogen) atoms. The molecule has 0 bridgehead atoms. The number of nitrogens with two attached hydrogens (primary N) is 1. The minimum absolute atomic E-state index is 0.314. The number of hydrogen-bond donors (Lipinski definition) is 1. The predicted molar refractivity (Wildman–Crippen MR) is 80.4 cm³/mol. The summed E-state index contributed by atoms with van der Waals surface area (Å²) in [5.41, 5.74) is 5.95. The third-order valence-corrected chi connectivity index (χ3v) is 3.91. The van der Waals surface area contributed by atoms with E-state index in [1.54, 1.807) is 0 Å². The molecule has 1 aromatic rings. The Morgan fingerprint density at radius 3 is 2.79 bits per heavy atom. The highest BCUT2D eigenvalue weighted by atomic mass is 15.2. The summed E-state index contributed by atoms with van der Waals surface area (Å²) >= 11 is 0. The molecule has 2 rings (SSSR count). The van der Waals surface area contributed by atoms with Crippen molar-refractivity contribution in [3.05, 3.63) is 11.9 Å². The maximum atomic E-state index is 5.95. The van der Waals surface area contributed by atoms with Gasteiger partial charge in [-0.15, -0.1) is 0 Å². The van der Waals surface area contributed by atoms with Gasteiger partial charge in [0, 0.05) is 24.6 Å². The Labute approximate surface area is 116 Å². The van der Waals surface area contributed by atoms with Crippen molar-refractivity contribution >= 4 is 11.6 Å². The van der Waals surface area contributed by atoms with E-state index in [1.165, 1.54) is 32.1 Å². The molecule has 4 heteroatoms. The van der Waals surface area contributed by atoms with Gasteiger partial charge in [-0.3, -0.25) is 0 Å². The van der Waals surface area contributed by atoms with Crippen LogP contribution >= 0.6 is 0 Å². The Balaban J connectivity index is 2.32. The summed E-state index contributed by atoms with van der Waals surface area (Å²) in [4.78, 5) is 11.5. The van der Waals surface area contributed by atoms with Crippen molar-refractivity contribution in [2.24, 2.45) is 0 Å². The Bertz CT molecular complexity index is 417. The van der Waals surface area contributed by atoms with Crippen molar-refractivity contribution in [3.8, 4) is 0 Å². The third kappa shape index (κ3) is 3.37. The van der Waals surface area contributed by atoms with Gasteiger partial charge in [-0.2, -0.15) is 0 Å². The van der Waals surface area contributed by atoms with Crippen molar-refractivity contribution < 1.29 is 0 Å². The minimum Gasteiger partial charge on any atom is -0.384 e. The lowest BCUT2D eigenvalue weighted by molar-refractivity contribution is 0.550. The number of nitrogen functional groups attached to an aromatic ring is 1.